The van der Waals surface area contributed by atoms with Crippen molar-refractivity contribution in [2.45, 2.75) is 0 Å². The minimum atomic E-state index is -3.65. The van der Waals surface area contributed by atoms with Crippen molar-refractivity contribution in [1.29, 1.82) is 0 Å². The van der Waals surface area contributed by atoms with Crippen LogP contribution >= 0.6 is 14.7 Å². The van der Waals surface area contributed by atoms with Crippen LogP contribution in [0.2, 0.25) is 0 Å². The van der Waals surface area contributed by atoms with E-state index in [4.69, 9.17) is 0 Å². The summed E-state index contributed by atoms with van der Waals surface area (Å²) in [5, 5.41) is 1.43. The van der Waals surface area contributed by atoms with Gasteiger partial charge in [-0.05, 0) is 0 Å². The van der Waals surface area contributed by atoms with E-state index in [9.17, 15) is 18.9 Å². The van der Waals surface area contributed by atoms with E-state index >= 15 is 0 Å². The van der Waals surface area contributed by atoms with Gasteiger partial charge in [0.2, 0.25) is 0 Å². The van der Waals surface area contributed by atoms with Crippen molar-refractivity contribution in [2.24, 2.45) is 0 Å². The Labute approximate surface area is 202 Å². The largest absolute Gasteiger partial charge is 4.00 e. The summed E-state index contributed by atoms with van der Waals surface area (Å²) in [5.74, 6) is 0. The molecular weight excluding hydrogens is 478 g/mol. The van der Waals surface area contributed by atoms with Gasteiger partial charge in [0, 0.05) is 21.2 Å². The summed E-state index contributed by atoms with van der Waals surface area (Å²) in [6, 6.07) is 33.9. The molecule has 0 fully saturated rings. The number of benzene rings is 4. The molecule has 0 atom stereocenters. The first-order chi connectivity index (χ1) is 14.4. The Hall–Kier alpha value is -2.07. The molecule has 32 heavy (non-hydrogen) atoms. The van der Waals surface area contributed by atoms with Crippen molar-refractivity contribution in [2.75, 3.05) is 0 Å². The molecule has 0 radical (unpaired) electrons. The SMILES string of the molecule is O=P([O-])(c1ccccc1)c1ccccc1.O=P([O-])(c1ccccc1)c1ccccc1.[O-2].[Ti+4]. The van der Waals surface area contributed by atoms with Gasteiger partial charge in [-0.1, -0.05) is 121 Å². The number of hydrogen-bond donors (Lipinski definition) is 0. The van der Waals surface area contributed by atoms with Crippen molar-refractivity contribution < 1.29 is 46.1 Å². The Balaban J connectivity index is 0.000000301. The van der Waals surface area contributed by atoms with Gasteiger partial charge < -0.3 is 24.4 Å². The van der Waals surface area contributed by atoms with Crippen molar-refractivity contribution in [1.82, 2.24) is 0 Å². The van der Waals surface area contributed by atoms with Gasteiger partial charge in [0.05, 0.1) is 14.7 Å². The summed E-state index contributed by atoms with van der Waals surface area (Å²) >= 11 is 0. The van der Waals surface area contributed by atoms with Gasteiger partial charge in [0.25, 0.3) is 0 Å². The molecule has 0 aliphatic heterocycles. The van der Waals surface area contributed by atoms with Crippen molar-refractivity contribution in [3.63, 3.8) is 0 Å². The summed E-state index contributed by atoms with van der Waals surface area (Å²) in [6.45, 7) is 0. The van der Waals surface area contributed by atoms with Crippen LogP contribution in [0.15, 0.2) is 121 Å². The molecule has 4 rings (SSSR count). The van der Waals surface area contributed by atoms with Gasteiger partial charge >= 0.3 is 21.7 Å². The molecule has 0 N–H and O–H groups in total. The molecule has 0 heterocycles. The fraction of sp³-hybridized carbons (Fsp3) is 0. The summed E-state index contributed by atoms with van der Waals surface area (Å²) in [7, 11) is -7.29. The zero-order chi connectivity index (χ0) is 21.5. The molecule has 160 valence electrons. The van der Waals surface area contributed by atoms with Crippen molar-refractivity contribution >= 4 is 36.0 Å². The van der Waals surface area contributed by atoms with E-state index in [1.54, 1.807) is 121 Å². The first kappa shape index (κ1) is 28.0. The Morgan fingerprint density at radius 1 is 0.406 bits per heavy atom. The second-order valence-electron chi connectivity index (χ2n) is 6.45. The third-order valence-electron chi connectivity index (χ3n) is 4.38. The van der Waals surface area contributed by atoms with E-state index in [1.807, 2.05) is 0 Å². The Kier molecular flexibility index (Phi) is 11.2. The van der Waals surface area contributed by atoms with Crippen LogP contribution in [0.1, 0.15) is 0 Å². The maximum Gasteiger partial charge on any atom is 4.00 e. The average molecular weight is 498 g/mol. The molecule has 0 amide bonds. The van der Waals surface area contributed by atoms with E-state index in [1.165, 1.54) is 0 Å². The molecule has 0 aliphatic rings. The molecule has 0 unspecified atom stereocenters. The fourth-order valence-corrected chi connectivity index (χ4v) is 5.65. The molecule has 0 saturated heterocycles. The molecule has 0 bridgehead atoms. The molecule has 5 nitrogen and oxygen atoms in total. The van der Waals surface area contributed by atoms with Gasteiger partial charge in [-0.15, -0.1) is 0 Å². The topological polar surface area (TPSA) is 109 Å². The molecule has 4 aromatic carbocycles. The van der Waals surface area contributed by atoms with Crippen LogP contribution < -0.4 is 31.0 Å². The molecule has 0 saturated carbocycles. The van der Waals surface area contributed by atoms with E-state index in [-0.39, 0.29) is 27.2 Å². The predicted octanol–water partition coefficient (Wildman–Crippen LogP) is 2.43. The molecular formula is C24H20O5P2Ti. The van der Waals surface area contributed by atoms with Crippen LogP contribution in [-0.2, 0) is 36.3 Å². The van der Waals surface area contributed by atoms with Crippen LogP contribution in [0.3, 0.4) is 0 Å². The molecule has 4 aromatic rings. The second kappa shape index (κ2) is 12.8. The van der Waals surface area contributed by atoms with Gasteiger partial charge in [-0.3, -0.25) is 0 Å². The van der Waals surface area contributed by atoms with Crippen LogP contribution in [0.25, 0.3) is 0 Å². The minimum Gasteiger partial charge on any atom is -2.00 e. The monoisotopic (exact) mass is 498 g/mol. The maximum atomic E-state index is 12.1. The Morgan fingerprint density at radius 3 is 0.719 bits per heavy atom. The summed E-state index contributed by atoms with van der Waals surface area (Å²) in [6.07, 6.45) is 0. The van der Waals surface area contributed by atoms with E-state index < -0.39 is 14.7 Å². The van der Waals surface area contributed by atoms with E-state index in [0.29, 0.717) is 21.2 Å². The zero-order valence-corrected chi connectivity index (χ0v) is 20.3. The number of rotatable bonds is 4. The van der Waals surface area contributed by atoms with Gasteiger partial charge in [0.15, 0.2) is 0 Å². The zero-order valence-electron chi connectivity index (χ0n) is 17.0. The van der Waals surface area contributed by atoms with Crippen LogP contribution in [0.5, 0.6) is 0 Å². The van der Waals surface area contributed by atoms with E-state index in [0.717, 1.165) is 0 Å². The third kappa shape index (κ3) is 6.97. The molecule has 0 spiro atoms. The number of hydrogen-bond acceptors (Lipinski definition) is 4. The first-order valence-corrected chi connectivity index (χ1v) is 12.5. The third-order valence-corrected chi connectivity index (χ3v) is 8.30. The van der Waals surface area contributed by atoms with Crippen LogP contribution in [0.4, 0.5) is 0 Å². The summed E-state index contributed by atoms with van der Waals surface area (Å²) in [4.78, 5) is 24.1. The first-order valence-electron chi connectivity index (χ1n) is 9.27. The summed E-state index contributed by atoms with van der Waals surface area (Å²) in [5.41, 5.74) is 0. The fourth-order valence-electron chi connectivity index (χ4n) is 2.80. The predicted molar refractivity (Wildman–Crippen MR) is 120 cm³/mol. The molecule has 0 aliphatic carbocycles. The average Bonchev–Trinajstić information content (AvgIpc) is 2.82. The van der Waals surface area contributed by atoms with Crippen molar-refractivity contribution in [3.8, 4) is 0 Å². The van der Waals surface area contributed by atoms with Crippen molar-refractivity contribution in [3.05, 3.63) is 121 Å². The quantitative estimate of drug-likeness (QED) is 0.318. The van der Waals surface area contributed by atoms with Gasteiger partial charge in [0.1, 0.15) is 0 Å². The Morgan fingerprint density at radius 2 is 0.562 bits per heavy atom. The Bertz CT molecular complexity index is 976. The smallest absolute Gasteiger partial charge is 2.00 e. The normalized spacial score (nSPS) is 10.6. The molecule has 0 aromatic heterocycles. The second-order valence-corrected chi connectivity index (χ2v) is 10.7. The minimum absolute atomic E-state index is 0. The van der Waals surface area contributed by atoms with Crippen LogP contribution in [-0.4, -0.2) is 0 Å². The summed E-state index contributed by atoms with van der Waals surface area (Å²) < 4.78 is 24.1. The van der Waals surface area contributed by atoms with Crippen LogP contribution in [0, 0.1) is 0 Å². The maximum absolute atomic E-state index is 12.1. The molecule has 8 heteroatoms. The van der Waals surface area contributed by atoms with Gasteiger partial charge in [-0.2, -0.15) is 0 Å². The van der Waals surface area contributed by atoms with Gasteiger partial charge in [-0.25, -0.2) is 0 Å². The van der Waals surface area contributed by atoms with E-state index in [2.05, 4.69) is 0 Å². The standard InChI is InChI=1S/2C12H11O2P.O.Ti/c2*13-15(14,11-7-3-1-4-8-11)12-9-5-2-6-10-12;;/h2*1-10H,(H,13,14);;/q;;-2;+4/p-2.